The highest BCUT2D eigenvalue weighted by Gasteiger charge is 2.24. The summed E-state index contributed by atoms with van der Waals surface area (Å²) in [6.45, 7) is 2.21. The van der Waals surface area contributed by atoms with Gasteiger partial charge in [0.25, 0.3) is 0 Å². The Morgan fingerprint density at radius 1 is 1.38 bits per heavy atom. The molecule has 1 aliphatic carbocycles. The van der Waals surface area contributed by atoms with E-state index in [1.54, 1.807) is 0 Å². The first-order valence-electron chi connectivity index (χ1n) is 5.33. The van der Waals surface area contributed by atoms with Crippen molar-refractivity contribution in [1.29, 1.82) is 0 Å². The zero-order chi connectivity index (χ0) is 9.68. The number of hydrogen-bond donors (Lipinski definition) is 3. The second kappa shape index (κ2) is 5.58. The highest BCUT2D eigenvalue weighted by Crippen LogP contribution is 2.18. The molecule has 0 bridgehead atoms. The van der Waals surface area contributed by atoms with Crippen LogP contribution in [0.4, 0.5) is 0 Å². The average Bonchev–Trinajstić information content (AvgIpc) is 2.17. The van der Waals surface area contributed by atoms with Crippen LogP contribution in [0.5, 0.6) is 0 Å². The maximum absolute atomic E-state index is 9.66. The Kier molecular flexibility index (Phi) is 4.70. The van der Waals surface area contributed by atoms with Crippen LogP contribution in [0, 0.1) is 0 Å². The van der Waals surface area contributed by atoms with E-state index in [1.807, 2.05) is 6.92 Å². The molecular formula is C10H21NO2. The summed E-state index contributed by atoms with van der Waals surface area (Å²) in [5, 5.41) is 22.0. The first-order valence-corrected chi connectivity index (χ1v) is 5.33. The summed E-state index contributed by atoms with van der Waals surface area (Å²) in [4.78, 5) is 0. The Morgan fingerprint density at radius 3 is 2.62 bits per heavy atom. The molecule has 1 saturated carbocycles. The molecule has 0 heterocycles. The molecule has 0 aromatic heterocycles. The van der Waals surface area contributed by atoms with Crippen molar-refractivity contribution in [2.24, 2.45) is 0 Å². The van der Waals surface area contributed by atoms with E-state index in [2.05, 4.69) is 5.32 Å². The second-order valence-corrected chi connectivity index (χ2v) is 3.91. The van der Waals surface area contributed by atoms with Crippen molar-refractivity contribution in [2.45, 2.75) is 57.2 Å². The zero-order valence-corrected chi connectivity index (χ0v) is 8.37. The molecule has 0 amide bonds. The molecule has 1 fully saturated rings. The summed E-state index contributed by atoms with van der Waals surface area (Å²) < 4.78 is 0. The van der Waals surface area contributed by atoms with Gasteiger partial charge in [-0.1, -0.05) is 19.8 Å². The minimum Gasteiger partial charge on any atom is -0.395 e. The van der Waals surface area contributed by atoms with Gasteiger partial charge in [0.15, 0.2) is 0 Å². The zero-order valence-electron chi connectivity index (χ0n) is 8.37. The van der Waals surface area contributed by atoms with Crippen LogP contribution in [-0.4, -0.2) is 35.0 Å². The molecule has 78 valence electrons. The quantitative estimate of drug-likeness (QED) is 0.605. The van der Waals surface area contributed by atoms with E-state index in [-0.39, 0.29) is 24.8 Å². The third-order valence-electron chi connectivity index (χ3n) is 2.89. The van der Waals surface area contributed by atoms with Gasteiger partial charge in [-0.25, -0.2) is 0 Å². The fraction of sp³-hybridized carbons (Fsp3) is 1.00. The van der Waals surface area contributed by atoms with E-state index in [4.69, 9.17) is 5.11 Å². The number of aliphatic hydroxyl groups excluding tert-OH is 2. The van der Waals surface area contributed by atoms with Crippen LogP contribution in [0.15, 0.2) is 0 Å². The van der Waals surface area contributed by atoms with Crippen LogP contribution in [0.3, 0.4) is 0 Å². The van der Waals surface area contributed by atoms with Gasteiger partial charge in [-0.2, -0.15) is 0 Å². The van der Waals surface area contributed by atoms with Crippen molar-refractivity contribution in [3.05, 3.63) is 0 Å². The lowest BCUT2D eigenvalue weighted by atomic mass is 9.92. The molecule has 0 saturated heterocycles. The Labute approximate surface area is 80.2 Å². The molecule has 3 heteroatoms. The molecule has 0 aromatic rings. The summed E-state index contributed by atoms with van der Waals surface area (Å²) in [6, 6.07) is 0.351. The van der Waals surface area contributed by atoms with Crippen molar-refractivity contribution >= 4 is 0 Å². The SMILES string of the molecule is CCC(CO)N[C@H]1CCCC[C@@H]1O. The smallest absolute Gasteiger partial charge is 0.0693 e. The lowest BCUT2D eigenvalue weighted by Crippen LogP contribution is -2.48. The van der Waals surface area contributed by atoms with Gasteiger partial charge in [0.05, 0.1) is 12.7 Å². The molecule has 1 rings (SSSR count). The van der Waals surface area contributed by atoms with Crippen molar-refractivity contribution in [3.8, 4) is 0 Å². The Hall–Kier alpha value is -0.120. The predicted molar refractivity (Wildman–Crippen MR) is 52.6 cm³/mol. The van der Waals surface area contributed by atoms with Gasteiger partial charge in [-0.3, -0.25) is 0 Å². The summed E-state index contributed by atoms with van der Waals surface area (Å²) in [5.74, 6) is 0. The van der Waals surface area contributed by atoms with E-state index in [9.17, 15) is 5.11 Å². The molecule has 3 atom stereocenters. The summed E-state index contributed by atoms with van der Waals surface area (Å²) in [7, 11) is 0. The van der Waals surface area contributed by atoms with Gasteiger partial charge in [-0.15, -0.1) is 0 Å². The van der Waals surface area contributed by atoms with Crippen LogP contribution in [-0.2, 0) is 0 Å². The Morgan fingerprint density at radius 2 is 2.08 bits per heavy atom. The van der Waals surface area contributed by atoms with Gasteiger partial charge < -0.3 is 15.5 Å². The average molecular weight is 187 g/mol. The highest BCUT2D eigenvalue weighted by molar-refractivity contribution is 4.82. The number of aliphatic hydroxyl groups is 2. The molecule has 0 aliphatic heterocycles. The number of hydrogen-bond acceptors (Lipinski definition) is 3. The third kappa shape index (κ3) is 3.25. The number of rotatable bonds is 4. The molecular weight excluding hydrogens is 166 g/mol. The summed E-state index contributed by atoms with van der Waals surface area (Å²) in [6.07, 6.45) is 4.97. The summed E-state index contributed by atoms with van der Waals surface area (Å²) >= 11 is 0. The predicted octanol–water partition coefficient (Wildman–Crippen LogP) is 0.650. The first kappa shape index (κ1) is 11.0. The summed E-state index contributed by atoms with van der Waals surface area (Å²) in [5.41, 5.74) is 0. The lowest BCUT2D eigenvalue weighted by molar-refractivity contribution is 0.0780. The topological polar surface area (TPSA) is 52.5 Å². The Balaban J connectivity index is 2.32. The van der Waals surface area contributed by atoms with Crippen molar-refractivity contribution in [1.82, 2.24) is 5.32 Å². The first-order chi connectivity index (χ1) is 6.27. The molecule has 3 N–H and O–H groups in total. The molecule has 1 unspecified atom stereocenters. The minimum absolute atomic E-state index is 0.151. The van der Waals surface area contributed by atoms with Crippen LogP contribution < -0.4 is 5.32 Å². The monoisotopic (exact) mass is 187 g/mol. The van der Waals surface area contributed by atoms with Gasteiger partial charge in [0.2, 0.25) is 0 Å². The largest absolute Gasteiger partial charge is 0.395 e. The van der Waals surface area contributed by atoms with Crippen LogP contribution in [0.25, 0.3) is 0 Å². The molecule has 0 spiro atoms. The number of nitrogens with one attached hydrogen (secondary N) is 1. The molecule has 0 radical (unpaired) electrons. The maximum atomic E-state index is 9.66. The Bertz CT molecular complexity index is 137. The third-order valence-corrected chi connectivity index (χ3v) is 2.89. The highest BCUT2D eigenvalue weighted by atomic mass is 16.3. The van der Waals surface area contributed by atoms with E-state index < -0.39 is 0 Å². The molecule has 0 aromatic carbocycles. The van der Waals surface area contributed by atoms with Gasteiger partial charge in [-0.05, 0) is 19.3 Å². The van der Waals surface area contributed by atoms with Gasteiger partial charge >= 0.3 is 0 Å². The van der Waals surface area contributed by atoms with E-state index in [0.29, 0.717) is 0 Å². The molecule has 1 aliphatic rings. The lowest BCUT2D eigenvalue weighted by Gasteiger charge is -2.31. The standard InChI is InChI=1S/C10H21NO2/c1-2-8(7-12)11-9-5-3-4-6-10(9)13/h8-13H,2-7H2,1H3/t8?,9-,10-/m0/s1. The van der Waals surface area contributed by atoms with Crippen molar-refractivity contribution in [2.75, 3.05) is 6.61 Å². The van der Waals surface area contributed by atoms with E-state index in [0.717, 1.165) is 25.7 Å². The molecule has 3 nitrogen and oxygen atoms in total. The normalized spacial score (nSPS) is 31.6. The van der Waals surface area contributed by atoms with Gasteiger partial charge in [0.1, 0.15) is 0 Å². The molecule has 13 heavy (non-hydrogen) atoms. The van der Waals surface area contributed by atoms with E-state index in [1.165, 1.54) is 6.42 Å². The van der Waals surface area contributed by atoms with Crippen molar-refractivity contribution < 1.29 is 10.2 Å². The van der Waals surface area contributed by atoms with Crippen molar-refractivity contribution in [3.63, 3.8) is 0 Å². The van der Waals surface area contributed by atoms with Gasteiger partial charge in [0, 0.05) is 12.1 Å². The second-order valence-electron chi connectivity index (χ2n) is 3.91. The fourth-order valence-corrected chi connectivity index (χ4v) is 1.91. The minimum atomic E-state index is -0.214. The van der Waals surface area contributed by atoms with Crippen LogP contribution >= 0.6 is 0 Å². The van der Waals surface area contributed by atoms with Crippen LogP contribution in [0.2, 0.25) is 0 Å². The van der Waals surface area contributed by atoms with E-state index >= 15 is 0 Å². The fourth-order valence-electron chi connectivity index (χ4n) is 1.91. The van der Waals surface area contributed by atoms with Crippen LogP contribution in [0.1, 0.15) is 39.0 Å². The maximum Gasteiger partial charge on any atom is 0.0693 e.